The highest BCUT2D eigenvalue weighted by atomic mass is 16.5. The number of hydrogen-bond donors (Lipinski definition) is 0. The van der Waals surface area contributed by atoms with Crippen molar-refractivity contribution in [3.63, 3.8) is 0 Å². The second kappa shape index (κ2) is 8.08. The van der Waals surface area contributed by atoms with Crippen molar-refractivity contribution < 1.29 is 9.47 Å². The van der Waals surface area contributed by atoms with Gasteiger partial charge in [-0.1, -0.05) is 48.5 Å². The van der Waals surface area contributed by atoms with Crippen LogP contribution in [0.5, 0.6) is 5.75 Å². The van der Waals surface area contributed by atoms with E-state index in [1.807, 2.05) is 68.4 Å². The van der Waals surface area contributed by atoms with Crippen LogP contribution in [-0.2, 0) is 25.4 Å². The summed E-state index contributed by atoms with van der Waals surface area (Å²) < 4.78 is 17.3. The zero-order valence-corrected chi connectivity index (χ0v) is 19.2. The lowest BCUT2D eigenvalue weighted by atomic mass is 10.0. The molecule has 7 heteroatoms. The lowest BCUT2D eigenvalue weighted by Gasteiger charge is -2.29. The minimum Gasteiger partial charge on any atom is -0.491 e. The van der Waals surface area contributed by atoms with E-state index in [4.69, 9.17) is 9.47 Å². The Kier molecular flexibility index (Phi) is 5.21. The third-order valence-electron chi connectivity index (χ3n) is 6.16. The molecule has 0 saturated carbocycles. The van der Waals surface area contributed by atoms with Crippen LogP contribution in [0.25, 0.3) is 22.2 Å². The standard InChI is InChI=1S/C26H27N3O4/c1-16(2)33-19-13-9-8-12-18(19)24-23-22-20(25(30)28(4)26(31)27(22)3)21(29(23)14-15-32-24)17-10-6-5-7-11-17/h5-13,16,24H,14-15H2,1-4H3. The highest BCUT2D eigenvalue weighted by molar-refractivity contribution is 5.96. The molecular weight excluding hydrogens is 418 g/mol. The first kappa shape index (κ1) is 21.3. The van der Waals surface area contributed by atoms with Crippen LogP contribution in [0.1, 0.15) is 31.2 Å². The van der Waals surface area contributed by atoms with Crippen LogP contribution in [0.3, 0.4) is 0 Å². The first-order valence-electron chi connectivity index (χ1n) is 11.1. The van der Waals surface area contributed by atoms with Crippen LogP contribution < -0.4 is 16.0 Å². The number of nitrogens with zero attached hydrogens (tertiary/aromatic N) is 3. The molecular formula is C26H27N3O4. The first-order valence-corrected chi connectivity index (χ1v) is 11.1. The van der Waals surface area contributed by atoms with Gasteiger partial charge >= 0.3 is 5.69 Å². The number of fused-ring (bicyclic) bond motifs is 3. The summed E-state index contributed by atoms with van der Waals surface area (Å²) in [6.45, 7) is 5.02. The van der Waals surface area contributed by atoms with Gasteiger partial charge in [0.2, 0.25) is 0 Å². The van der Waals surface area contributed by atoms with E-state index in [-0.39, 0.29) is 17.4 Å². The van der Waals surface area contributed by atoms with Gasteiger partial charge in [0, 0.05) is 26.2 Å². The molecule has 0 bridgehead atoms. The van der Waals surface area contributed by atoms with Gasteiger partial charge in [-0.3, -0.25) is 13.9 Å². The van der Waals surface area contributed by atoms with Crippen molar-refractivity contribution in [1.82, 2.24) is 13.7 Å². The number of aryl methyl sites for hydroxylation is 1. The molecule has 0 fully saturated rings. The second-order valence-corrected chi connectivity index (χ2v) is 8.64. The van der Waals surface area contributed by atoms with Gasteiger partial charge in [0.15, 0.2) is 0 Å². The molecule has 0 amide bonds. The molecule has 0 N–H and O–H groups in total. The molecule has 0 radical (unpaired) electrons. The number of hydrogen-bond acceptors (Lipinski definition) is 4. The van der Waals surface area contributed by atoms with Crippen LogP contribution in [0, 0.1) is 0 Å². The summed E-state index contributed by atoms with van der Waals surface area (Å²) in [5.41, 5.74) is 3.34. The van der Waals surface area contributed by atoms with Gasteiger partial charge in [0.25, 0.3) is 5.56 Å². The lowest BCUT2D eigenvalue weighted by Crippen LogP contribution is -2.37. The number of rotatable bonds is 4. The summed E-state index contributed by atoms with van der Waals surface area (Å²) in [6, 6.07) is 17.6. The van der Waals surface area contributed by atoms with Gasteiger partial charge in [-0.05, 0) is 25.5 Å². The quantitative estimate of drug-likeness (QED) is 0.481. The summed E-state index contributed by atoms with van der Waals surface area (Å²) in [5, 5.41) is 0.526. The van der Waals surface area contributed by atoms with E-state index in [1.165, 1.54) is 11.6 Å². The molecule has 2 aromatic carbocycles. The fraction of sp³-hybridized carbons (Fsp3) is 0.308. The average Bonchev–Trinajstić information content (AvgIpc) is 3.17. The Morgan fingerprint density at radius 2 is 1.67 bits per heavy atom. The minimum absolute atomic E-state index is 0.00482. The highest BCUT2D eigenvalue weighted by Gasteiger charge is 2.34. The average molecular weight is 446 g/mol. The third-order valence-corrected chi connectivity index (χ3v) is 6.16. The maximum absolute atomic E-state index is 13.4. The van der Waals surface area contributed by atoms with Crippen LogP contribution in [0.2, 0.25) is 0 Å². The highest BCUT2D eigenvalue weighted by Crippen LogP contribution is 2.42. The Hall–Kier alpha value is -3.58. The molecule has 1 atom stereocenters. The van der Waals surface area contributed by atoms with Gasteiger partial charge in [-0.15, -0.1) is 0 Å². The molecule has 0 spiro atoms. The van der Waals surface area contributed by atoms with Crippen molar-refractivity contribution in [3.05, 3.63) is 86.7 Å². The van der Waals surface area contributed by atoms with Crippen molar-refractivity contribution >= 4 is 10.9 Å². The van der Waals surface area contributed by atoms with E-state index >= 15 is 0 Å². The Morgan fingerprint density at radius 1 is 0.970 bits per heavy atom. The van der Waals surface area contributed by atoms with Crippen LogP contribution in [-0.4, -0.2) is 26.4 Å². The summed E-state index contributed by atoms with van der Waals surface area (Å²) in [7, 11) is 3.23. The van der Waals surface area contributed by atoms with Crippen molar-refractivity contribution in [1.29, 1.82) is 0 Å². The number of benzene rings is 2. The Balaban J connectivity index is 1.90. The summed E-state index contributed by atoms with van der Waals surface area (Å²) in [4.78, 5) is 26.4. The fourth-order valence-corrected chi connectivity index (χ4v) is 4.77. The summed E-state index contributed by atoms with van der Waals surface area (Å²) in [5.74, 6) is 0.732. The maximum atomic E-state index is 13.4. The molecule has 3 heterocycles. The van der Waals surface area contributed by atoms with E-state index in [2.05, 4.69) is 4.57 Å². The summed E-state index contributed by atoms with van der Waals surface area (Å²) in [6.07, 6.45) is -0.485. The van der Waals surface area contributed by atoms with E-state index in [0.717, 1.165) is 28.3 Å². The Bertz CT molecular complexity index is 1460. The predicted molar refractivity (Wildman–Crippen MR) is 128 cm³/mol. The Labute approximate surface area is 191 Å². The monoisotopic (exact) mass is 445 g/mol. The van der Waals surface area contributed by atoms with E-state index in [1.54, 1.807) is 11.6 Å². The SMILES string of the molecule is CC(C)Oc1ccccc1C1OCCn2c(-c3ccccc3)c3c(=O)n(C)c(=O)n(C)c3c21. The molecule has 0 saturated heterocycles. The van der Waals surface area contributed by atoms with Crippen LogP contribution in [0.15, 0.2) is 64.2 Å². The predicted octanol–water partition coefficient (Wildman–Crippen LogP) is 3.61. The van der Waals surface area contributed by atoms with Gasteiger partial charge in [0.1, 0.15) is 11.9 Å². The molecule has 170 valence electrons. The van der Waals surface area contributed by atoms with E-state index in [9.17, 15) is 9.59 Å². The Morgan fingerprint density at radius 3 is 2.39 bits per heavy atom. The third kappa shape index (κ3) is 3.31. The van der Waals surface area contributed by atoms with Gasteiger partial charge in [0.05, 0.1) is 35.0 Å². The molecule has 7 nitrogen and oxygen atoms in total. The van der Waals surface area contributed by atoms with Crippen molar-refractivity contribution in [3.8, 4) is 17.0 Å². The zero-order valence-electron chi connectivity index (χ0n) is 19.2. The molecule has 2 aromatic heterocycles. The molecule has 5 rings (SSSR count). The van der Waals surface area contributed by atoms with Crippen LogP contribution in [0.4, 0.5) is 0 Å². The molecule has 1 aliphatic rings. The van der Waals surface area contributed by atoms with Crippen molar-refractivity contribution in [2.75, 3.05) is 6.61 Å². The molecule has 1 aliphatic heterocycles. The maximum Gasteiger partial charge on any atom is 0.331 e. The molecule has 1 unspecified atom stereocenters. The van der Waals surface area contributed by atoms with Crippen molar-refractivity contribution in [2.45, 2.75) is 32.6 Å². The molecule has 4 aromatic rings. The first-order chi connectivity index (χ1) is 15.9. The van der Waals surface area contributed by atoms with Gasteiger partial charge in [-0.2, -0.15) is 0 Å². The summed E-state index contributed by atoms with van der Waals surface area (Å²) >= 11 is 0. The number of ether oxygens (including phenoxy) is 2. The molecule has 33 heavy (non-hydrogen) atoms. The number of aromatic nitrogens is 3. The van der Waals surface area contributed by atoms with Crippen LogP contribution >= 0.6 is 0 Å². The smallest absolute Gasteiger partial charge is 0.331 e. The fourth-order valence-electron chi connectivity index (χ4n) is 4.77. The topological polar surface area (TPSA) is 67.4 Å². The van der Waals surface area contributed by atoms with E-state index < -0.39 is 6.10 Å². The second-order valence-electron chi connectivity index (χ2n) is 8.64. The lowest BCUT2D eigenvalue weighted by molar-refractivity contribution is 0.0453. The number of para-hydroxylation sites is 1. The zero-order chi connectivity index (χ0) is 23.3. The van der Waals surface area contributed by atoms with Gasteiger partial charge in [-0.25, -0.2) is 4.79 Å². The minimum atomic E-state index is -0.480. The van der Waals surface area contributed by atoms with Gasteiger partial charge < -0.3 is 14.0 Å². The normalized spacial score (nSPS) is 15.7. The van der Waals surface area contributed by atoms with E-state index in [0.29, 0.717) is 24.1 Å². The molecule has 0 aliphatic carbocycles. The largest absolute Gasteiger partial charge is 0.491 e. The van der Waals surface area contributed by atoms with Crippen molar-refractivity contribution in [2.24, 2.45) is 14.1 Å².